The summed E-state index contributed by atoms with van der Waals surface area (Å²) in [6.45, 7) is 4.03. The van der Waals surface area contributed by atoms with Gasteiger partial charge in [-0.2, -0.15) is 0 Å². The van der Waals surface area contributed by atoms with E-state index in [2.05, 4.69) is 30.9 Å². The SMILES string of the molecule is CN(C)CCOCC1CCCCN1C. The predicted octanol–water partition coefficient (Wildman–Crippen LogP) is 1.05. The molecule has 1 rings (SSSR count). The summed E-state index contributed by atoms with van der Waals surface area (Å²) >= 11 is 0. The van der Waals surface area contributed by atoms with E-state index in [-0.39, 0.29) is 0 Å². The van der Waals surface area contributed by atoms with Crippen molar-refractivity contribution in [2.45, 2.75) is 25.3 Å². The molecule has 1 heterocycles. The standard InChI is InChI=1S/C11H24N2O/c1-12(2)8-9-14-10-11-6-4-5-7-13(11)3/h11H,4-10H2,1-3H3. The lowest BCUT2D eigenvalue weighted by molar-refractivity contribution is 0.0468. The van der Waals surface area contributed by atoms with Gasteiger partial charge in [-0.05, 0) is 40.5 Å². The van der Waals surface area contributed by atoms with Crippen LogP contribution in [0.25, 0.3) is 0 Å². The van der Waals surface area contributed by atoms with Gasteiger partial charge in [0.2, 0.25) is 0 Å². The van der Waals surface area contributed by atoms with Gasteiger partial charge >= 0.3 is 0 Å². The Morgan fingerprint density at radius 3 is 2.79 bits per heavy atom. The molecule has 0 amide bonds. The molecular weight excluding hydrogens is 176 g/mol. The Kier molecular flexibility index (Phi) is 5.45. The predicted molar refractivity (Wildman–Crippen MR) is 59.6 cm³/mol. The van der Waals surface area contributed by atoms with Crippen LogP contribution in [0.5, 0.6) is 0 Å². The number of likely N-dealkylation sites (tertiary alicyclic amines) is 1. The second-order valence-corrected chi connectivity index (χ2v) is 4.51. The van der Waals surface area contributed by atoms with Gasteiger partial charge in [0, 0.05) is 12.6 Å². The van der Waals surface area contributed by atoms with Crippen molar-refractivity contribution in [3.8, 4) is 0 Å². The highest BCUT2D eigenvalue weighted by Crippen LogP contribution is 2.14. The molecule has 1 atom stereocenters. The molecule has 0 radical (unpaired) electrons. The third kappa shape index (κ3) is 4.40. The van der Waals surface area contributed by atoms with Crippen molar-refractivity contribution in [1.29, 1.82) is 0 Å². The molecule has 14 heavy (non-hydrogen) atoms. The Morgan fingerprint density at radius 2 is 2.14 bits per heavy atom. The summed E-state index contributed by atoms with van der Waals surface area (Å²) in [6, 6.07) is 0.658. The van der Waals surface area contributed by atoms with E-state index in [1.54, 1.807) is 0 Å². The van der Waals surface area contributed by atoms with Crippen molar-refractivity contribution in [3.05, 3.63) is 0 Å². The molecule has 0 aromatic rings. The van der Waals surface area contributed by atoms with E-state index in [1.165, 1.54) is 25.8 Å². The molecule has 1 aliphatic rings. The van der Waals surface area contributed by atoms with Crippen LogP contribution in [0.1, 0.15) is 19.3 Å². The highest BCUT2D eigenvalue weighted by molar-refractivity contribution is 4.73. The van der Waals surface area contributed by atoms with E-state index in [9.17, 15) is 0 Å². The van der Waals surface area contributed by atoms with Crippen molar-refractivity contribution < 1.29 is 4.74 Å². The number of rotatable bonds is 5. The van der Waals surface area contributed by atoms with Gasteiger partial charge in [0.1, 0.15) is 0 Å². The van der Waals surface area contributed by atoms with E-state index in [1.807, 2.05) is 0 Å². The topological polar surface area (TPSA) is 15.7 Å². The van der Waals surface area contributed by atoms with Crippen LogP contribution in [0.3, 0.4) is 0 Å². The second kappa shape index (κ2) is 6.38. The Hall–Kier alpha value is -0.120. The zero-order chi connectivity index (χ0) is 10.4. The van der Waals surface area contributed by atoms with Gasteiger partial charge in [0.15, 0.2) is 0 Å². The van der Waals surface area contributed by atoms with Crippen LogP contribution in [-0.2, 0) is 4.74 Å². The van der Waals surface area contributed by atoms with E-state index in [0.29, 0.717) is 6.04 Å². The van der Waals surface area contributed by atoms with Crippen LogP contribution in [0, 0.1) is 0 Å². The average molecular weight is 200 g/mol. The molecule has 3 heteroatoms. The smallest absolute Gasteiger partial charge is 0.0622 e. The third-order valence-corrected chi connectivity index (χ3v) is 2.91. The number of nitrogens with zero attached hydrogens (tertiary/aromatic N) is 2. The van der Waals surface area contributed by atoms with Crippen molar-refractivity contribution >= 4 is 0 Å². The molecule has 1 fully saturated rings. The minimum Gasteiger partial charge on any atom is -0.378 e. The van der Waals surface area contributed by atoms with Gasteiger partial charge in [-0.1, -0.05) is 6.42 Å². The number of likely N-dealkylation sites (N-methyl/N-ethyl adjacent to an activating group) is 2. The van der Waals surface area contributed by atoms with Gasteiger partial charge in [-0.25, -0.2) is 0 Å². The fourth-order valence-corrected chi connectivity index (χ4v) is 1.82. The maximum absolute atomic E-state index is 5.67. The monoisotopic (exact) mass is 200 g/mol. The van der Waals surface area contributed by atoms with Crippen LogP contribution >= 0.6 is 0 Å². The lowest BCUT2D eigenvalue weighted by Crippen LogP contribution is -2.39. The summed E-state index contributed by atoms with van der Waals surface area (Å²) in [5, 5.41) is 0. The molecule has 0 N–H and O–H groups in total. The van der Waals surface area contributed by atoms with Gasteiger partial charge in [0.05, 0.1) is 13.2 Å². The largest absolute Gasteiger partial charge is 0.378 e. The normalized spacial score (nSPS) is 24.4. The van der Waals surface area contributed by atoms with Crippen LogP contribution in [-0.4, -0.2) is 63.3 Å². The van der Waals surface area contributed by atoms with Crippen LogP contribution in [0.4, 0.5) is 0 Å². The highest BCUT2D eigenvalue weighted by atomic mass is 16.5. The summed E-state index contributed by atoms with van der Waals surface area (Å²) in [5.41, 5.74) is 0. The lowest BCUT2D eigenvalue weighted by Gasteiger charge is -2.32. The molecule has 0 aliphatic carbocycles. The van der Waals surface area contributed by atoms with Crippen LogP contribution in [0.2, 0.25) is 0 Å². The molecule has 0 saturated carbocycles. The summed E-state index contributed by atoms with van der Waals surface area (Å²) in [5.74, 6) is 0. The van der Waals surface area contributed by atoms with Gasteiger partial charge in [-0.3, -0.25) is 0 Å². The molecule has 0 bridgehead atoms. The fraction of sp³-hybridized carbons (Fsp3) is 1.00. The molecule has 1 aliphatic heterocycles. The Balaban J connectivity index is 2.04. The minimum atomic E-state index is 0.658. The first kappa shape index (κ1) is 12.0. The van der Waals surface area contributed by atoms with Crippen LogP contribution in [0.15, 0.2) is 0 Å². The van der Waals surface area contributed by atoms with E-state index < -0.39 is 0 Å². The molecule has 1 unspecified atom stereocenters. The van der Waals surface area contributed by atoms with Crippen molar-refractivity contribution in [2.24, 2.45) is 0 Å². The number of piperidine rings is 1. The number of hydrogen-bond acceptors (Lipinski definition) is 3. The summed E-state index contributed by atoms with van der Waals surface area (Å²) < 4.78 is 5.67. The maximum atomic E-state index is 5.67. The number of ether oxygens (including phenoxy) is 1. The molecular formula is C11H24N2O. The van der Waals surface area contributed by atoms with E-state index in [4.69, 9.17) is 4.74 Å². The molecule has 3 nitrogen and oxygen atoms in total. The zero-order valence-corrected chi connectivity index (χ0v) is 9.83. The first-order valence-electron chi connectivity index (χ1n) is 5.63. The Morgan fingerprint density at radius 1 is 1.36 bits per heavy atom. The molecule has 84 valence electrons. The zero-order valence-electron chi connectivity index (χ0n) is 9.83. The third-order valence-electron chi connectivity index (χ3n) is 2.91. The molecule has 0 spiro atoms. The first-order chi connectivity index (χ1) is 6.70. The van der Waals surface area contributed by atoms with Gasteiger partial charge in [0.25, 0.3) is 0 Å². The number of hydrogen-bond donors (Lipinski definition) is 0. The lowest BCUT2D eigenvalue weighted by atomic mass is 10.0. The van der Waals surface area contributed by atoms with Gasteiger partial charge in [-0.15, -0.1) is 0 Å². The molecule has 1 saturated heterocycles. The summed E-state index contributed by atoms with van der Waals surface area (Å²) in [4.78, 5) is 4.59. The molecule has 0 aromatic carbocycles. The maximum Gasteiger partial charge on any atom is 0.0622 e. The minimum absolute atomic E-state index is 0.658. The van der Waals surface area contributed by atoms with Crippen molar-refractivity contribution in [2.75, 3.05) is 47.4 Å². The van der Waals surface area contributed by atoms with E-state index >= 15 is 0 Å². The Bertz CT molecular complexity index is 150. The highest BCUT2D eigenvalue weighted by Gasteiger charge is 2.18. The summed E-state index contributed by atoms with van der Waals surface area (Å²) in [7, 11) is 6.37. The summed E-state index contributed by atoms with van der Waals surface area (Å²) in [6.07, 6.45) is 4.02. The fourth-order valence-electron chi connectivity index (χ4n) is 1.82. The Labute approximate surface area is 88.0 Å². The molecule has 0 aromatic heterocycles. The first-order valence-corrected chi connectivity index (χ1v) is 5.63. The van der Waals surface area contributed by atoms with Crippen LogP contribution < -0.4 is 0 Å². The average Bonchev–Trinajstić information content (AvgIpc) is 2.15. The van der Waals surface area contributed by atoms with Crippen molar-refractivity contribution in [3.63, 3.8) is 0 Å². The van der Waals surface area contributed by atoms with Gasteiger partial charge < -0.3 is 14.5 Å². The quantitative estimate of drug-likeness (QED) is 0.617. The van der Waals surface area contributed by atoms with E-state index in [0.717, 1.165) is 19.8 Å². The second-order valence-electron chi connectivity index (χ2n) is 4.51. The van der Waals surface area contributed by atoms with Crippen molar-refractivity contribution in [1.82, 2.24) is 9.80 Å².